The summed E-state index contributed by atoms with van der Waals surface area (Å²) in [5.74, 6) is 0.694. The number of hydrogen-bond donors (Lipinski definition) is 3. The van der Waals surface area contributed by atoms with Gasteiger partial charge in [0.2, 0.25) is 0 Å². The number of halogens is 1. The van der Waals surface area contributed by atoms with Crippen LogP contribution in [0.3, 0.4) is 0 Å². The fourth-order valence-corrected chi connectivity index (χ4v) is 4.81. The molecule has 3 aromatic rings. The molecule has 0 spiro atoms. The van der Waals surface area contributed by atoms with Gasteiger partial charge in [-0.2, -0.15) is 0 Å². The third-order valence-corrected chi connectivity index (χ3v) is 7.10. The highest BCUT2D eigenvalue weighted by Gasteiger charge is 2.17. The molecular formula is C26H28BrN3O5S2. The highest BCUT2D eigenvalue weighted by Crippen LogP contribution is 2.24. The number of carbonyl (C=O) groups is 1. The van der Waals surface area contributed by atoms with Gasteiger partial charge >= 0.3 is 0 Å². The van der Waals surface area contributed by atoms with Crippen molar-refractivity contribution in [3.63, 3.8) is 0 Å². The maximum atomic E-state index is 12.8. The van der Waals surface area contributed by atoms with Crippen molar-refractivity contribution in [2.75, 3.05) is 23.3 Å². The van der Waals surface area contributed by atoms with Crippen LogP contribution in [0, 0.1) is 0 Å². The van der Waals surface area contributed by atoms with Crippen molar-refractivity contribution in [1.29, 1.82) is 0 Å². The van der Waals surface area contributed by atoms with E-state index in [4.69, 9.17) is 21.7 Å². The van der Waals surface area contributed by atoms with Crippen LogP contribution in [0.15, 0.2) is 76.1 Å². The molecule has 0 aliphatic rings. The van der Waals surface area contributed by atoms with Gasteiger partial charge in [0.05, 0.1) is 23.7 Å². The van der Waals surface area contributed by atoms with Gasteiger partial charge in [-0.25, -0.2) is 8.42 Å². The lowest BCUT2D eigenvalue weighted by Crippen LogP contribution is -2.34. The molecule has 1 amide bonds. The minimum absolute atomic E-state index is 0.0626. The number of nitrogens with one attached hydrogen (secondary N) is 3. The Morgan fingerprint density at radius 1 is 0.946 bits per heavy atom. The molecule has 0 heterocycles. The van der Waals surface area contributed by atoms with Crippen molar-refractivity contribution in [2.24, 2.45) is 0 Å². The van der Waals surface area contributed by atoms with Crippen LogP contribution in [0.4, 0.5) is 11.4 Å². The lowest BCUT2D eigenvalue weighted by atomic mass is 10.2. The third-order valence-electron chi connectivity index (χ3n) is 5.01. The van der Waals surface area contributed by atoms with Crippen molar-refractivity contribution < 1.29 is 22.7 Å². The first-order valence-corrected chi connectivity index (χ1v) is 14.3. The van der Waals surface area contributed by atoms with E-state index in [0.717, 1.165) is 17.3 Å². The number of unbranched alkanes of at least 4 members (excludes halogenated alkanes) is 1. The summed E-state index contributed by atoms with van der Waals surface area (Å²) in [5.41, 5.74) is 1.27. The van der Waals surface area contributed by atoms with Gasteiger partial charge in [0.25, 0.3) is 15.9 Å². The molecule has 196 valence electrons. The molecule has 0 bridgehead atoms. The predicted molar refractivity (Wildman–Crippen MR) is 153 cm³/mol. The van der Waals surface area contributed by atoms with Gasteiger partial charge < -0.3 is 14.8 Å². The molecule has 3 N–H and O–H groups in total. The molecule has 0 saturated carbocycles. The van der Waals surface area contributed by atoms with Crippen LogP contribution >= 0.6 is 28.1 Å². The second-order valence-corrected chi connectivity index (χ2v) is 10.8. The van der Waals surface area contributed by atoms with Crippen LogP contribution in [0.25, 0.3) is 0 Å². The number of ether oxygens (including phenoxy) is 2. The number of hydrogen-bond acceptors (Lipinski definition) is 6. The first-order valence-electron chi connectivity index (χ1n) is 11.6. The third kappa shape index (κ3) is 8.44. The highest BCUT2D eigenvalue weighted by atomic mass is 79.9. The Labute approximate surface area is 230 Å². The number of thiocarbonyl (C=S) groups is 1. The lowest BCUT2D eigenvalue weighted by molar-refractivity contribution is 0.0973. The van der Waals surface area contributed by atoms with E-state index in [0.29, 0.717) is 41.7 Å². The molecule has 3 rings (SSSR count). The summed E-state index contributed by atoms with van der Waals surface area (Å²) in [6.45, 7) is 4.96. The number of carbonyl (C=O) groups excluding carboxylic acids is 1. The molecule has 11 heteroatoms. The molecule has 37 heavy (non-hydrogen) atoms. The summed E-state index contributed by atoms with van der Waals surface area (Å²) in [6.07, 6.45) is 1.85. The maximum Gasteiger partial charge on any atom is 0.261 e. The zero-order chi connectivity index (χ0) is 26.8. The number of anilines is 2. The van der Waals surface area contributed by atoms with E-state index in [9.17, 15) is 13.2 Å². The van der Waals surface area contributed by atoms with E-state index in [1.54, 1.807) is 54.6 Å². The fourth-order valence-electron chi connectivity index (χ4n) is 3.18. The van der Waals surface area contributed by atoms with Crippen molar-refractivity contribution >= 4 is 60.6 Å². The van der Waals surface area contributed by atoms with E-state index in [2.05, 4.69) is 38.2 Å². The van der Waals surface area contributed by atoms with Crippen LogP contribution in [0.2, 0.25) is 0 Å². The molecule has 0 fully saturated rings. The number of amides is 1. The second kappa shape index (κ2) is 13.4. The number of sulfonamides is 1. The number of benzene rings is 3. The Kier molecular flexibility index (Phi) is 10.3. The summed E-state index contributed by atoms with van der Waals surface area (Å²) >= 11 is 8.66. The zero-order valence-electron chi connectivity index (χ0n) is 20.4. The van der Waals surface area contributed by atoms with E-state index in [1.807, 2.05) is 6.92 Å². The second-order valence-electron chi connectivity index (χ2n) is 7.84. The average molecular weight is 607 g/mol. The summed E-state index contributed by atoms with van der Waals surface area (Å²) in [6, 6.07) is 17.8. The monoisotopic (exact) mass is 605 g/mol. The van der Waals surface area contributed by atoms with E-state index < -0.39 is 15.9 Å². The van der Waals surface area contributed by atoms with Gasteiger partial charge in [-0.15, -0.1) is 0 Å². The molecule has 0 aromatic heterocycles. The van der Waals surface area contributed by atoms with Crippen molar-refractivity contribution in [3.05, 3.63) is 76.8 Å². The quantitative estimate of drug-likeness (QED) is 0.183. The molecule has 0 radical (unpaired) electrons. The number of rotatable bonds is 11. The Hall–Kier alpha value is -3.15. The molecule has 0 saturated heterocycles. The highest BCUT2D eigenvalue weighted by molar-refractivity contribution is 9.10. The van der Waals surface area contributed by atoms with Crippen molar-refractivity contribution in [2.45, 2.75) is 31.6 Å². The minimum Gasteiger partial charge on any atom is -0.494 e. The fraction of sp³-hybridized carbons (Fsp3) is 0.231. The first kappa shape index (κ1) is 28.4. The molecule has 0 unspecified atom stereocenters. The zero-order valence-corrected chi connectivity index (χ0v) is 23.6. The Balaban J connectivity index is 1.61. The van der Waals surface area contributed by atoms with Gasteiger partial charge in [-0.3, -0.25) is 14.8 Å². The van der Waals surface area contributed by atoms with Crippen LogP contribution in [-0.2, 0) is 10.0 Å². The van der Waals surface area contributed by atoms with E-state index >= 15 is 0 Å². The van der Waals surface area contributed by atoms with Crippen molar-refractivity contribution in [1.82, 2.24) is 5.32 Å². The Morgan fingerprint density at radius 3 is 2.27 bits per heavy atom. The maximum absolute atomic E-state index is 12.8. The Bertz CT molecular complexity index is 1330. The summed E-state index contributed by atoms with van der Waals surface area (Å²) in [5, 5.41) is 5.59. The van der Waals surface area contributed by atoms with Crippen LogP contribution in [0.1, 0.15) is 37.0 Å². The van der Waals surface area contributed by atoms with Gasteiger partial charge in [0.1, 0.15) is 11.5 Å². The van der Waals surface area contributed by atoms with Gasteiger partial charge in [-0.05, 0) is 92.3 Å². The van der Waals surface area contributed by atoms with Crippen LogP contribution in [0.5, 0.6) is 11.5 Å². The van der Waals surface area contributed by atoms with Crippen molar-refractivity contribution in [3.8, 4) is 11.5 Å². The largest absolute Gasteiger partial charge is 0.494 e. The molecule has 8 nitrogen and oxygen atoms in total. The molecule has 0 aliphatic carbocycles. The van der Waals surface area contributed by atoms with Crippen LogP contribution in [-0.4, -0.2) is 32.7 Å². The topological polar surface area (TPSA) is 106 Å². The standard InChI is InChI=1S/C26H28BrN3O5S2/c1-3-5-16-35-24-15-6-18(27)17-23(24)25(31)29-26(36)28-19-9-13-22(14-10-19)37(32,33)30-20-7-11-21(12-8-20)34-4-2/h6-15,17,30H,3-5,16H2,1-2H3,(H2,28,29,31,36). The van der Waals surface area contributed by atoms with Crippen LogP contribution < -0.4 is 24.8 Å². The minimum atomic E-state index is -3.80. The van der Waals surface area contributed by atoms with Gasteiger partial charge in [-0.1, -0.05) is 29.3 Å². The lowest BCUT2D eigenvalue weighted by Gasteiger charge is -2.14. The van der Waals surface area contributed by atoms with Gasteiger partial charge in [0, 0.05) is 15.8 Å². The summed E-state index contributed by atoms with van der Waals surface area (Å²) in [4.78, 5) is 12.9. The van der Waals surface area contributed by atoms with E-state index in [-0.39, 0.29) is 10.0 Å². The predicted octanol–water partition coefficient (Wildman–Crippen LogP) is 5.95. The van der Waals surface area contributed by atoms with E-state index in [1.165, 1.54) is 12.1 Å². The molecule has 0 atom stereocenters. The SMILES string of the molecule is CCCCOc1ccc(Br)cc1C(=O)NC(=S)Nc1ccc(S(=O)(=O)Nc2ccc(OCC)cc2)cc1. The van der Waals surface area contributed by atoms with Gasteiger partial charge in [0.15, 0.2) is 5.11 Å². The normalized spacial score (nSPS) is 10.9. The summed E-state index contributed by atoms with van der Waals surface area (Å²) in [7, 11) is -3.80. The molecule has 3 aromatic carbocycles. The first-order chi connectivity index (χ1) is 17.7. The average Bonchev–Trinajstić information content (AvgIpc) is 2.86. The smallest absolute Gasteiger partial charge is 0.261 e. The Morgan fingerprint density at radius 2 is 1.62 bits per heavy atom. The molecular weight excluding hydrogens is 578 g/mol. The molecule has 0 aliphatic heterocycles. The summed E-state index contributed by atoms with van der Waals surface area (Å²) < 4.78 is 39.9.